The fraction of sp³-hybridized carbons (Fsp3) is 0.545. The minimum Gasteiger partial charge on any atom is -0.468 e. The van der Waals surface area contributed by atoms with Gasteiger partial charge in [-0.2, -0.15) is 0 Å². The smallest absolute Gasteiger partial charge is 0.323 e. The van der Waals surface area contributed by atoms with Gasteiger partial charge in [-0.25, -0.2) is 8.42 Å². The maximum Gasteiger partial charge on any atom is 0.323 e. The lowest BCUT2D eigenvalue weighted by Crippen LogP contribution is -2.55. The van der Waals surface area contributed by atoms with Crippen molar-refractivity contribution in [2.24, 2.45) is 0 Å². The molecule has 0 bridgehead atoms. The number of carbonyl (C=O) groups is 1. The summed E-state index contributed by atoms with van der Waals surface area (Å²) in [4.78, 5) is 11.5. The predicted molar refractivity (Wildman–Crippen MR) is 63.6 cm³/mol. The first-order chi connectivity index (χ1) is 8.45. The second kappa shape index (κ2) is 4.74. The van der Waals surface area contributed by atoms with Gasteiger partial charge in [-0.1, -0.05) is 0 Å². The third-order valence-corrected chi connectivity index (χ3v) is 5.35. The summed E-state index contributed by atoms with van der Waals surface area (Å²) >= 11 is 0. The van der Waals surface area contributed by atoms with E-state index >= 15 is 0 Å². The Labute approximate surface area is 105 Å². The van der Waals surface area contributed by atoms with E-state index < -0.39 is 33.1 Å². The molecular weight excluding hydrogens is 258 g/mol. The van der Waals surface area contributed by atoms with E-state index in [1.165, 1.54) is 13.4 Å². The van der Waals surface area contributed by atoms with E-state index in [1.807, 2.05) is 0 Å². The van der Waals surface area contributed by atoms with Crippen molar-refractivity contribution in [2.45, 2.75) is 24.3 Å². The first-order valence-electron chi connectivity index (χ1n) is 5.54. The van der Waals surface area contributed by atoms with E-state index in [0.717, 1.165) is 0 Å². The molecule has 0 aliphatic carbocycles. The van der Waals surface area contributed by atoms with Gasteiger partial charge in [-0.05, 0) is 19.1 Å². The Balaban J connectivity index is 2.32. The Morgan fingerprint density at radius 1 is 1.56 bits per heavy atom. The van der Waals surface area contributed by atoms with Crippen LogP contribution >= 0.6 is 0 Å². The number of hydrogen-bond acceptors (Lipinski definition) is 6. The molecule has 6 nitrogen and oxygen atoms in total. The second-order valence-electron chi connectivity index (χ2n) is 4.27. The zero-order valence-corrected chi connectivity index (χ0v) is 10.9. The molecule has 7 heteroatoms. The summed E-state index contributed by atoms with van der Waals surface area (Å²) in [6, 6.07) is 1.97. The number of nitrogens with one attached hydrogen (secondary N) is 1. The number of ether oxygens (including phenoxy) is 1. The van der Waals surface area contributed by atoms with Crippen molar-refractivity contribution in [2.75, 3.05) is 12.9 Å². The number of sulfone groups is 1. The summed E-state index contributed by atoms with van der Waals surface area (Å²) in [6.45, 7) is 1.60. The molecule has 1 saturated heterocycles. The molecular formula is C11H15NO5S. The lowest BCUT2D eigenvalue weighted by atomic mass is 10.1. The molecule has 0 radical (unpaired) electrons. The number of furan rings is 1. The molecule has 2 rings (SSSR count). The quantitative estimate of drug-likeness (QED) is 0.778. The summed E-state index contributed by atoms with van der Waals surface area (Å²) in [5.41, 5.74) is 0. The second-order valence-corrected chi connectivity index (χ2v) is 6.67. The van der Waals surface area contributed by atoms with Crippen LogP contribution < -0.4 is 5.32 Å². The van der Waals surface area contributed by atoms with Crippen LogP contribution in [0.25, 0.3) is 0 Å². The molecule has 1 N–H and O–H groups in total. The first kappa shape index (κ1) is 13.1. The van der Waals surface area contributed by atoms with Gasteiger partial charge < -0.3 is 9.15 Å². The summed E-state index contributed by atoms with van der Waals surface area (Å²) in [7, 11) is -2.13. The highest BCUT2D eigenvalue weighted by Crippen LogP contribution is 2.28. The summed E-state index contributed by atoms with van der Waals surface area (Å²) in [5.74, 6) is -0.334. The van der Waals surface area contributed by atoms with Crippen LogP contribution in [-0.4, -0.2) is 38.5 Å². The molecule has 100 valence electrons. The zero-order chi connectivity index (χ0) is 13.3. The molecule has 1 fully saturated rings. The van der Waals surface area contributed by atoms with Crippen LogP contribution in [0.15, 0.2) is 22.8 Å². The molecule has 1 aromatic heterocycles. The third kappa shape index (κ3) is 2.28. The van der Waals surface area contributed by atoms with Gasteiger partial charge in [0.05, 0.1) is 30.4 Å². The summed E-state index contributed by atoms with van der Waals surface area (Å²) < 4.78 is 33.9. The fourth-order valence-corrected chi connectivity index (χ4v) is 3.68. The summed E-state index contributed by atoms with van der Waals surface area (Å²) in [6.07, 6.45) is 1.47. The van der Waals surface area contributed by atoms with Crippen molar-refractivity contribution in [3.05, 3.63) is 24.2 Å². The minimum atomic E-state index is -3.36. The molecule has 18 heavy (non-hydrogen) atoms. The van der Waals surface area contributed by atoms with Gasteiger partial charge in [0.1, 0.15) is 11.8 Å². The van der Waals surface area contributed by atoms with Gasteiger partial charge in [-0.15, -0.1) is 0 Å². The maximum atomic E-state index is 12.0. The van der Waals surface area contributed by atoms with Crippen molar-refractivity contribution in [1.82, 2.24) is 5.32 Å². The van der Waals surface area contributed by atoms with Crippen molar-refractivity contribution in [1.29, 1.82) is 0 Å². The lowest BCUT2D eigenvalue weighted by Gasteiger charge is -2.33. The Kier molecular flexibility index (Phi) is 3.45. The SMILES string of the molecule is COC(=O)C1CS(=O)(=O)C(C)C(c2ccco2)N1. The van der Waals surface area contributed by atoms with Crippen LogP contribution in [0.3, 0.4) is 0 Å². The Morgan fingerprint density at radius 3 is 2.83 bits per heavy atom. The molecule has 2 heterocycles. The molecule has 3 atom stereocenters. The normalized spacial score (nSPS) is 30.9. The van der Waals surface area contributed by atoms with Crippen LogP contribution in [0.4, 0.5) is 0 Å². The minimum absolute atomic E-state index is 0.252. The van der Waals surface area contributed by atoms with E-state index in [1.54, 1.807) is 19.1 Å². The van der Waals surface area contributed by atoms with Crippen molar-refractivity contribution in [3.63, 3.8) is 0 Å². The average Bonchev–Trinajstić information content (AvgIpc) is 2.84. The van der Waals surface area contributed by atoms with E-state index in [-0.39, 0.29) is 5.75 Å². The Bertz CT molecular complexity index is 522. The fourth-order valence-electron chi connectivity index (χ4n) is 2.05. The third-order valence-electron chi connectivity index (χ3n) is 3.15. The highest BCUT2D eigenvalue weighted by molar-refractivity contribution is 7.92. The molecule has 1 aliphatic rings. The van der Waals surface area contributed by atoms with E-state index in [2.05, 4.69) is 10.1 Å². The molecule has 0 spiro atoms. The Morgan fingerprint density at radius 2 is 2.28 bits per heavy atom. The van der Waals surface area contributed by atoms with Gasteiger partial charge in [0.25, 0.3) is 0 Å². The number of hydrogen-bond donors (Lipinski definition) is 1. The van der Waals surface area contributed by atoms with Crippen molar-refractivity contribution < 1.29 is 22.4 Å². The van der Waals surface area contributed by atoms with Crippen LogP contribution in [0.1, 0.15) is 18.7 Å². The number of rotatable bonds is 2. The largest absolute Gasteiger partial charge is 0.468 e. The number of esters is 1. The zero-order valence-electron chi connectivity index (χ0n) is 10.1. The molecule has 0 aromatic carbocycles. The molecule has 0 amide bonds. The van der Waals surface area contributed by atoms with E-state index in [0.29, 0.717) is 5.76 Å². The monoisotopic (exact) mass is 273 g/mol. The van der Waals surface area contributed by atoms with Crippen molar-refractivity contribution >= 4 is 15.8 Å². The number of methoxy groups -OCH3 is 1. The number of carbonyl (C=O) groups excluding carboxylic acids is 1. The average molecular weight is 273 g/mol. The van der Waals surface area contributed by atoms with Gasteiger partial charge in [-0.3, -0.25) is 10.1 Å². The van der Waals surface area contributed by atoms with Gasteiger partial charge in [0.15, 0.2) is 9.84 Å². The van der Waals surface area contributed by atoms with Gasteiger partial charge >= 0.3 is 5.97 Å². The molecule has 0 saturated carbocycles. The highest BCUT2D eigenvalue weighted by Gasteiger charge is 2.43. The molecule has 1 aliphatic heterocycles. The van der Waals surface area contributed by atoms with Crippen LogP contribution in [-0.2, 0) is 19.4 Å². The van der Waals surface area contributed by atoms with Crippen molar-refractivity contribution in [3.8, 4) is 0 Å². The highest BCUT2D eigenvalue weighted by atomic mass is 32.2. The molecule has 3 unspecified atom stereocenters. The predicted octanol–water partition coefficient (Wildman–Crippen LogP) is 0.269. The topological polar surface area (TPSA) is 85.6 Å². The first-order valence-corrected chi connectivity index (χ1v) is 7.26. The van der Waals surface area contributed by atoms with Crippen LogP contribution in [0.2, 0.25) is 0 Å². The molecule has 1 aromatic rings. The van der Waals surface area contributed by atoms with Crippen LogP contribution in [0, 0.1) is 0 Å². The maximum absolute atomic E-state index is 12.0. The summed E-state index contributed by atoms with van der Waals surface area (Å²) in [5, 5.41) is 2.32. The Hall–Kier alpha value is -1.34. The lowest BCUT2D eigenvalue weighted by molar-refractivity contribution is -0.142. The van der Waals surface area contributed by atoms with E-state index in [4.69, 9.17) is 4.42 Å². The van der Waals surface area contributed by atoms with Gasteiger partial charge in [0.2, 0.25) is 0 Å². The standard InChI is InChI=1S/C11H15NO5S/c1-7-10(9-4-3-5-17-9)12-8(11(13)16-2)6-18(7,14)15/h3-5,7-8,10,12H,6H2,1-2H3. The van der Waals surface area contributed by atoms with Crippen LogP contribution in [0.5, 0.6) is 0 Å². The van der Waals surface area contributed by atoms with E-state index in [9.17, 15) is 13.2 Å². The van der Waals surface area contributed by atoms with Gasteiger partial charge in [0, 0.05) is 0 Å².